The first-order chi connectivity index (χ1) is 11.6. The molecule has 1 aromatic rings. The summed E-state index contributed by atoms with van der Waals surface area (Å²) in [7, 11) is 3.21. The van der Waals surface area contributed by atoms with Gasteiger partial charge >= 0.3 is 0 Å². The first-order valence-electron chi connectivity index (χ1n) is 8.56. The molecule has 3 unspecified atom stereocenters. The highest BCUT2D eigenvalue weighted by molar-refractivity contribution is 9.10. The van der Waals surface area contributed by atoms with Crippen LogP contribution in [0.2, 0.25) is 0 Å². The van der Waals surface area contributed by atoms with Crippen LogP contribution in [0.25, 0.3) is 0 Å². The fourth-order valence-electron chi connectivity index (χ4n) is 3.91. The van der Waals surface area contributed by atoms with E-state index in [2.05, 4.69) is 26.6 Å². The quantitative estimate of drug-likeness (QED) is 0.802. The van der Waals surface area contributed by atoms with Gasteiger partial charge in [-0.1, -0.05) is 12.8 Å². The maximum Gasteiger partial charge on any atom is 0.237 e. The Morgan fingerprint density at radius 2 is 2.08 bits per heavy atom. The lowest BCUT2D eigenvalue weighted by Crippen LogP contribution is -2.42. The third-order valence-corrected chi connectivity index (χ3v) is 5.73. The summed E-state index contributed by atoms with van der Waals surface area (Å²) < 4.78 is 11.5. The molecule has 24 heavy (non-hydrogen) atoms. The molecule has 2 N–H and O–H groups in total. The molecule has 1 saturated carbocycles. The second kappa shape index (κ2) is 7.74. The van der Waals surface area contributed by atoms with E-state index >= 15 is 0 Å². The van der Waals surface area contributed by atoms with Gasteiger partial charge in [-0.25, -0.2) is 0 Å². The first-order valence-corrected chi connectivity index (χ1v) is 9.36. The largest absolute Gasteiger partial charge is 0.493 e. The highest BCUT2D eigenvalue weighted by Crippen LogP contribution is 2.36. The van der Waals surface area contributed by atoms with E-state index in [1.807, 2.05) is 12.1 Å². The molecule has 0 radical (unpaired) electrons. The smallest absolute Gasteiger partial charge is 0.237 e. The van der Waals surface area contributed by atoms with Crippen LogP contribution >= 0.6 is 15.9 Å². The van der Waals surface area contributed by atoms with Gasteiger partial charge in [-0.3, -0.25) is 4.79 Å². The lowest BCUT2D eigenvalue weighted by molar-refractivity contribution is -0.123. The number of rotatable bonds is 5. The molecular weight excluding hydrogens is 372 g/mol. The van der Waals surface area contributed by atoms with Gasteiger partial charge in [-0.15, -0.1) is 0 Å². The summed E-state index contributed by atoms with van der Waals surface area (Å²) >= 11 is 3.48. The van der Waals surface area contributed by atoms with Crippen molar-refractivity contribution in [2.24, 2.45) is 5.92 Å². The molecule has 0 bridgehead atoms. The molecule has 3 rings (SSSR count). The van der Waals surface area contributed by atoms with Crippen LogP contribution in [0, 0.1) is 5.92 Å². The number of halogens is 1. The average Bonchev–Trinajstić information content (AvgIpc) is 3.03. The summed E-state index contributed by atoms with van der Waals surface area (Å²) in [6, 6.07) is 4.32. The van der Waals surface area contributed by atoms with Crippen LogP contribution in [0.5, 0.6) is 11.5 Å². The lowest BCUT2D eigenvalue weighted by atomic mass is 9.85. The molecule has 0 spiro atoms. The van der Waals surface area contributed by atoms with Crippen molar-refractivity contribution in [1.82, 2.24) is 10.6 Å². The lowest BCUT2D eigenvalue weighted by Gasteiger charge is -2.24. The monoisotopic (exact) mass is 396 g/mol. The molecule has 0 aromatic heterocycles. The number of methoxy groups -OCH3 is 2. The third-order valence-electron chi connectivity index (χ3n) is 5.14. The van der Waals surface area contributed by atoms with Gasteiger partial charge in [0.25, 0.3) is 0 Å². The molecule has 6 heteroatoms. The molecule has 1 aromatic carbocycles. The van der Waals surface area contributed by atoms with Crippen molar-refractivity contribution in [2.45, 2.75) is 50.7 Å². The average molecular weight is 397 g/mol. The maximum absolute atomic E-state index is 12.5. The predicted molar refractivity (Wildman–Crippen MR) is 96.4 cm³/mol. The minimum absolute atomic E-state index is 0.0540. The van der Waals surface area contributed by atoms with Crippen LogP contribution in [0.1, 0.15) is 37.7 Å². The van der Waals surface area contributed by atoms with Crippen molar-refractivity contribution in [3.8, 4) is 11.5 Å². The summed E-state index contributed by atoms with van der Waals surface area (Å²) in [6.45, 7) is 0.477. The van der Waals surface area contributed by atoms with Crippen molar-refractivity contribution in [1.29, 1.82) is 0 Å². The molecule has 1 amide bonds. The topological polar surface area (TPSA) is 59.6 Å². The van der Waals surface area contributed by atoms with Crippen LogP contribution < -0.4 is 20.1 Å². The van der Waals surface area contributed by atoms with E-state index in [9.17, 15) is 4.79 Å². The fraction of sp³-hybridized carbons (Fsp3) is 0.611. The summed E-state index contributed by atoms with van der Waals surface area (Å²) in [5, 5.41) is 6.56. The highest BCUT2D eigenvalue weighted by atomic mass is 79.9. The Labute approximate surface area is 151 Å². The van der Waals surface area contributed by atoms with Crippen molar-refractivity contribution in [3.05, 3.63) is 22.2 Å². The normalized spacial score (nSPS) is 25.9. The predicted octanol–water partition coefficient (Wildman–Crippen LogP) is 3.00. The van der Waals surface area contributed by atoms with E-state index in [4.69, 9.17) is 9.47 Å². The van der Waals surface area contributed by atoms with Crippen LogP contribution in [0.15, 0.2) is 16.6 Å². The zero-order chi connectivity index (χ0) is 17.1. The van der Waals surface area contributed by atoms with Gasteiger partial charge in [-0.05, 0) is 58.8 Å². The molecule has 1 saturated heterocycles. The number of benzene rings is 1. The second-order valence-corrected chi connectivity index (χ2v) is 7.49. The van der Waals surface area contributed by atoms with Crippen molar-refractivity contribution in [2.75, 3.05) is 14.2 Å². The molecule has 1 aliphatic heterocycles. The molecule has 2 aliphatic rings. The SMILES string of the molecule is COc1cc(CNC(=O)C2CC3CCCCC3N2)cc(Br)c1OC. The van der Waals surface area contributed by atoms with E-state index in [1.165, 1.54) is 25.7 Å². The zero-order valence-corrected chi connectivity index (χ0v) is 15.8. The Bertz CT molecular complexity index is 594. The Balaban J connectivity index is 1.59. The summed E-state index contributed by atoms with van der Waals surface area (Å²) in [4.78, 5) is 12.5. The molecule has 1 aliphatic carbocycles. The van der Waals surface area contributed by atoms with Gasteiger partial charge in [0.2, 0.25) is 5.91 Å². The first kappa shape index (κ1) is 17.5. The molecule has 132 valence electrons. The molecular formula is C18H25BrN2O3. The molecule has 1 heterocycles. The van der Waals surface area contributed by atoms with Gasteiger partial charge in [0.15, 0.2) is 11.5 Å². The number of nitrogens with one attached hydrogen (secondary N) is 2. The van der Waals surface area contributed by atoms with Crippen LogP contribution in [0.4, 0.5) is 0 Å². The van der Waals surface area contributed by atoms with Gasteiger partial charge in [-0.2, -0.15) is 0 Å². The summed E-state index contributed by atoms with van der Waals surface area (Å²) in [5.41, 5.74) is 0.975. The van der Waals surface area contributed by atoms with E-state index in [0.717, 1.165) is 16.5 Å². The standard InChI is InChI=1S/C18H25BrN2O3/c1-23-16-8-11(7-13(19)17(16)24-2)10-20-18(22)15-9-12-5-3-4-6-14(12)21-15/h7-8,12,14-15,21H,3-6,9-10H2,1-2H3,(H,20,22). The molecule has 5 nitrogen and oxygen atoms in total. The Morgan fingerprint density at radius 3 is 2.79 bits per heavy atom. The number of fused-ring (bicyclic) bond motifs is 1. The van der Waals surface area contributed by atoms with E-state index in [0.29, 0.717) is 30.0 Å². The second-order valence-electron chi connectivity index (χ2n) is 6.64. The fourth-order valence-corrected chi connectivity index (χ4v) is 4.56. The Kier molecular flexibility index (Phi) is 5.66. The highest BCUT2D eigenvalue weighted by Gasteiger charge is 2.38. The minimum Gasteiger partial charge on any atom is -0.493 e. The number of carbonyl (C=O) groups excluding carboxylic acids is 1. The Hall–Kier alpha value is -1.27. The van der Waals surface area contributed by atoms with E-state index < -0.39 is 0 Å². The van der Waals surface area contributed by atoms with Crippen molar-refractivity contribution in [3.63, 3.8) is 0 Å². The van der Waals surface area contributed by atoms with Gasteiger partial charge in [0, 0.05) is 12.6 Å². The summed E-state index contributed by atoms with van der Waals surface area (Å²) in [5.74, 6) is 2.08. The summed E-state index contributed by atoms with van der Waals surface area (Å²) in [6.07, 6.45) is 6.01. The van der Waals surface area contributed by atoms with E-state index in [1.54, 1.807) is 14.2 Å². The maximum atomic E-state index is 12.5. The van der Waals surface area contributed by atoms with Crippen LogP contribution in [-0.2, 0) is 11.3 Å². The minimum atomic E-state index is -0.0540. The van der Waals surface area contributed by atoms with Crippen molar-refractivity contribution < 1.29 is 14.3 Å². The van der Waals surface area contributed by atoms with Crippen LogP contribution in [-0.4, -0.2) is 32.2 Å². The number of hydrogen-bond donors (Lipinski definition) is 2. The Morgan fingerprint density at radius 1 is 1.29 bits per heavy atom. The zero-order valence-electron chi connectivity index (χ0n) is 14.2. The van der Waals surface area contributed by atoms with Crippen molar-refractivity contribution >= 4 is 21.8 Å². The van der Waals surface area contributed by atoms with Gasteiger partial charge in [0.05, 0.1) is 24.7 Å². The molecule has 3 atom stereocenters. The van der Waals surface area contributed by atoms with Gasteiger partial charge in [0.1, 0.15) is 0 Å². The van der Waals surface area contributed by atoms with Gasteiger partial charge < -0.3 is 20.1 Å². The number of amides is 1. The third kappa shape index (κ3) is 3.70. The number of hydrogen-bond acceptors (Lipinski definition) is 4. The number of carbonyl (C=O) groups is 1. The number of ether oxygens (including phenoxy) is 2. The van der Waals surface area contributed by atoms with Crippen LogP contribution in [0.3, 0.4) is 0 Å². The molecule has 2 fully saturated rings. The van der Waals surface area contributed by atoms with E-state index in [-0.39, 0.29) is 11.9 Å².